The Bertz CT molecular complexity index is 986. The maximum atomic E-state index is 12.9. The number of methoxy groups -OCH3 is 1. The van der Waals surface area contributed by atoms with E-state index < -0.39 is 23.9 Å². The third-order valence-corrected chi connectivity index (χ3v) is 8.07. The van der Waals surface area contributed by atoms with E-state index in [9.17, 15) is 29.1 Å². The van der Waals surface area contributed by atoms with Crippen LogP contribution in [0.1, 0.15) is 59.3 Å². The average molecular weight is 567 g/mol. The van der Waals surface area contributed by atoms with Crippen LogP contribution in [0.5, 0.6) is 0 Å². The third-order valence-electron chi connectivity index (χ3n) is 5.80. The summed E-state index contributed by atoms with van der Waals surface area (Å²) in [5.41, 5.74) is -0.441. The molecule has 0 radical (unpaired) electrons. The van der Waals surface area contributed by atoms with Gasteiger partial charge in [-0.25, -0.2) is 4.98 Å². The molecule has 1 aromatic rings. The number of carboxylic acids is 1. The lowest BCUT2D eigenvalue weighted by Crippen LogP contribution is -2.46. The summed E-state index contributed by atoms with van der Waals surface area (Å²) in [7, 11) is 4.23. The number of nitrogens with zero attached hydrogens (tertiary/aromatic N) is 1. The fourth-order valence-electron chi connectivity index (χ4n) is 3.29. The summed E-state index contributed by atoms with van der Waals surface area (Å²) in [6.07, 6.45) is 2.82. The first-order valence-electron chi connectivity index (χ1n) is 12.4. The first kappa shape index (κ1) is 33.2. The molecule has 1 unspecified atom stereocenters. The molecule has 38 heavy (non-hydrogen) atoms. The number of nitrogens with one attached hydrogen (secondary N) is 2. The Balaban J connectivity index is 2.58. The highest BCUT2D eigenvalue weighted by Gasteiger charge is 2.27. The smallest absolute Gasteiger partial charge is 0.305 e. The van der Waals surface area contributed by atoms with Gasteiger partial charge in [0.1, 0.15) is 5.03 Å². The molecule has 0 fully saturated rings. The lowest BCUT2D eigenvalue weighted by molar-refractivity contribution is -0.299. The minimum Gasteiger partial charge on any atom is -0.545 e. The van der Waals surface area contributed by atoms with Crippen LogP contribution >= 0.6 is 21.6 Å². The molecule has 1 aromatic heterocycles. The molecular formula is C26H36N3O7S2-. The van der Waals surface area contributed by atoms with Gasteiger partial charge in [-0.1, -0.05) is 37.1 Å². The van der Waals surface area contributed by atoms with Gasteiger partial charge in [0.15, 0.2) is 5.78 Å². The van der Waals surface area contributed by atoms with Crippen LogP contribution in [0.3, 0.4) is 0 Å². The van der Waals surface area contributed by atoms with E-state index in [1.807, 2.05) is 32.0 Å². The van der Waals surface area contributed by atoms with Gasteiger partial charge in [-0.2, -0.15) is 0 Å². The summed E-state index contributed by atoms with van der Waals surface area (Å²) >= 11 is 0. The van der Waals surface area contributed by atoms with E-state index in [1.165, 1.54) is 35.6 Å². The van der Waals surface area contributed by atoms with Crippen molar-refractivity contribution >= 4 is 51.1 Å². The lowest BCUT2D eigenvalue weighted by atomic mass is 9.92. The highest BCUT2D eigenvalue weighted by atomic mass is 33.1. The fourth-order valence-corrected chi connectivity index (χ4v) is 5.16. The summed E-state index contributed by atoms with van der Waals surface area (Å²) < 4.78 is 4.57. The Morgan fingerprint density at radius 3 is 2.45 bits per heavy atom. The van der Waals surface area contributed by atoms with Crippen LogP contribution in [-0.2, 0) is 28.7 Å². The maximum Gasteiger partial charge on any atom is 0.305 e. The topological polar surface area (TPSA) is 155 Å². The number of pyridine rings is 1. The molecule has 1 rings (SSSR count). The third kappa shape index (κ3) is 12.6. The molecule has 0 spiro atoms. The monoisotopic (exact) mass is 566 g/mol. The van der Waals surface area contributed by atoms with Crippen LogP contribution in [0.2, 0.25) is 0 Å². The number of aliphatic carboxylic acids is 1. The van der Waals surface area contributed by atoms with Crippen molar-refractivity contribution in [3.8, 4) is 0 Å². The van der Waals surface area contributed by atoms with Crippen LogP contribution in [0.4, 0.5) is 0 Å². The van der Waals surface area contributed by atoms with Crippen LogP contribution in [-0.4, -0.2) is 60.0 Å². The molecule has 0 saturated heterocycles. The second kappa shape index (κ2) is 18.4. The number of carbonyl (C=O) groups excluding carboxylic acids is 5. The molecule has 0 aliphatic carbocycles. The molecule has 210 valence electrons. The summed E-state index contributed by atoms with van der Waals surface area (Å²) in [6.45, 7) is 5.23. The zero-order chi connectivity index (χ0) is 28.5. The van der Waals surface area contributed by atoms with Crippen molar-refractivity contribution in [1.29, 1.82) is 0 Å². The number of rotatable bonds is 18. The van der Waals surface area contributed by atoms with Crippen molar-refractivity contribution in [2.24, 2.45) is 5.92 Å². The quantitative estimate of drug-likeness (QED) is 0.117. The van der Waals surface area contributed by atoms with Gasteiger partial charge in [-0.3, -0.25) is 19.2 Å². The van der Waals surface area contributed by atoms with Crippen molar-refractivity contribution < 1.29 is 33.8 Å². The molecule has 2 N–H and O–H groups in total. The number of ether oxygens (including phenoxy) is 1. The van der Waals surface area contributed by atoms with E-state index in [1.54, 1.807) is 6.20 Å². The molecule has 0 aliphatic heterocycles. The number of amides is 2. The molecule has 0 bridgehead atoms. The minimum absolute atomic E-state index is 0.114. The van der Waals surface area contributed by atoms with Crippen LogP contribution < -0.4 is 15.7 Å². The zero-order valence-electron chi connectivity index (χ0n) is 22.2. The highest BCUT2D eigenvalue weighted by molar-refractivity contribution is 8.76. The van der Waals surface area contributed by atoms with Crippen LogP contribution in [0.15, 0.2) is 40.6 Å². The van der Waals surface area contributed by atoms with Gasteiger partial charge < -0.3 is 25.3 Å². The van der Waals surface area contributed by atoms with E-state index in [-0.39, 0.29) is 48.0 Å². The standard InChI is InChI=1S/C26H37N3O7S2/c1-5-17(2)24(29-25(33)19(18(3)26(34)35)11-12-23(32)36-4)20(30)9-8-15-27-21(31)13-16-37-38-22-10-6-7-14-28-22/h6-7,10,14,17,24H,5,8-9,11-13,15-16H2,1-4H3,(H,27,31)(H,29,33)(H,34,35)/p-1/b19-18-/t17?,24-/m0/s1. The molecule has 0 aromatic carbocycles. The molecular weight excluding hydrogens is 530 g/mol. The number of esters is 1. The molecule has 1 heterocycles. The van der Waals surface area contributed by atoms with E-state index in [0.717, 1.165) is 5.03 Å². The summed E-state index contributed by atoms with van der Waals surface area (Å²) in [5.74, 6) is -2.78. The highest BCUT2D eigenvalue weighted by Crippen LogP contribution is 2.29. The normalized spacial score (nSPS) is 13.1. The van der Waals surface area contributed by atoms with E-state index in [4.69, 9.17) is 0 Å². The number of hydrogen-bond acceptors (Lipinski definition) is 10. The van der Waals surface area contributed by atoms with Gasteiger partial charge in [0.2, 0.25) is 11.8 Å². The summed E-state index contributed by atoms with van der Waals surface area (Å²) in [4.78, 5) is 65.0. The average Bonchev–Trinajstić information content (AvgIpc) is 2.91. The Kier molecular flexibility index (Phi) is 16.1. The lowest BCUT2D eigenvalue weighted by Gasteiger charge is -2.24. The van der Waals surface area contributed by atoms with E-state index in [0.29, 0.717) is 31.6 Å². The van der Waals surface area contributed by atoms with Gasteiger partial charge in [0.05, 0.1) is 19.1 Å². The maximum absolute atomic E-state index is 12.9. The number of hydrogen-bond donors (Lipinski definition) is 2. The molecule has 0 aliphatic rings. The number of Topliss-reactive ketones (excluding diaryl/α,β-unsaturated/α-hetero) is 1. The Hall–Kier alpha value is -2.86. The molecule has 10 nitrogen and oxygen atoms in total. The van der Waals surface area contributed by atoms with Gasteiger partial charge in [-0.05, 0) is 54.2 Å². The first-order valence-corrected chi connectivity index (χ1v) is 14.7. The van der Waals surface area contributed by atoms with E-state index >= 15 is 0 Å². The fraction of sp³-hybridized carbons (Fsp3) is 0.538. The van der Waals surface area contributed by atoms with Crippen LogP contribution in [0, 0.1) is 5.92 Å². The van der Waals surface area contributed by atoms with Crippen molar-refractivity contribution in [3.63, 3.8) is 0 Å². The Morgan fingerprint density at radius 2 is 1.84 bits per heavy atom. The van der Waals surface area contributed by atoms with Gasteiger partial charge in [0.25, 0.3) is 0 Å². The molecule has 2 amide bonds. The first-order chi connectivity index (χ1) is 18.1. The Morgan fingerprint density at radius 1 is 1.11 bits per heavy atom. The zero-order valence-corrected chi connectivity index (χ0v) is 23.9. The number of aromatic nitrogens is 1. The summed E-state index contributed by atoms with van der Waals surface area (Å²) in [6, 6.07) is 4.79. The van der Waals surface area contributed by atoms with Gasteiger partial charge >= 0.3 is 5.97 Å². The predicted octanol–water partition coefficient (Wildman–Crippen LogP) is 2.23. The SMILES string of the molecule is CCC(C)[C@H](NC(=O)/C(CCC(=O)OC)=C(/C)C(=O)[O-])C(=O)CCCNC(=O)CCSSc1ccccn1. The van der Waals surface area contributed by atoms with Crippen molar-refractivity contribution in [3.05, 3.63) is 35.5 Å². The van der Waals surface area contributed by atoms with Crippen molar-refractivity contribution in [1.82, 2.24) is 15.6 Å². The molecule has 2 atom stereocenters. The number of carbonyl (C=O) groups is 5. The van der Waals surface area contributed by atoms with Crippen molar-refractivity contribution in [2.45, 2.75) is 70.4 Å². The van der Waals surface area contributed by atoms with E-state index in [2.05, 4.69) is 20.4 Å². The van der Waals surface area contributed by atoms with Gasteiger partial charge in [0, 0.05) is 43.3 Å². The van der Waals surface area contributed by atoms with Gasteiger partial charge in [-0.15, -0.1) is 0 Å². The number of ketones is 1. The van der Waals surface area contributed by atoms with Crippen molar-refractivity contribution in [2.75, 3.05) is 19.4 Å². The summed E-state index contributed by atoms with van der Waals surface area (Å²) in [5, 5.41) is 17.7. The minimum atomic E-state index is -1.53. The largest absolute Gasteiger partial charge is 0.545 e. The second-order valence-electron chi connectivity index (χ2n) is 8.55. The molecule has 0 saturated carbocycles. The Labute approximate surface area is 231 Å². The molecule has 12 heteroatoms. The predicted molar refractivity (Wildman–Crippen MR) is 145 cm³/mol. The number of carboxylic acid groups (broad SMARTS) is 1. The van der Waals surface area contributed by atoms with Crippen LogP contribution in [0.25, 0.3) is 0 Å². The second-order valence-corrected chi connectivity index (χ2v) is 11.0.